The molecule has 0 radical (unpaired) electrons. The first-order valence-electron chi connectivity index (χ1n) is 7.56. The molecule has 108 valence electrons. The molecule has 4 nitrogen and oxygen atoms in total. The van der Waals surface area contributed by atoms with Gasteiger partial charge in [0.25, 0.3) is 5.69 Å². The van der Waals surface area contributed by atoms with E-state index in [0.717, 1.165) is 29.0 Å². The third kappa shape index (κ3) is 2.28. The highest BCUT2D eigenvalue weighted by Crippen LogP contribution is 2.50. The summed E-state index contributed by atoms with van der Waals surface area (Å²) in [7, 11) is 0. The lowest BCUT2D eigenvalue weighted by molar-refractivity contribution is -0.385. The number of nitrogens with zero attached hydrogens (tertiary/aromatic N) is 1. The molecule has 2 aliphatic rings. The summed E-state index contributed by atoms with van der Waals surface area (Å²) < 4.78 is 0. The van der Waals surface area contributed by atoms with Gasteiger partial charge in [-0.25, -0.2) is 0 Å². The van der Waals surface area contributed by atoms with E-state index in [9.17, 15) is 10.1 Å². The smallest absolute Gasteiger partial charge is 0.274 e. The van der Waals surface area contributed by atoms with E-state index in [-0.39, 0.29) is 10.6 Å². The van der Waals surface area contributed by atoms with E-state index >= 15 is 0 Å². The van der Waals surface area contributed by atoms with Crippen LogP contribution < -0.4 is 5.32 Å². The van der Waals surface area contributed by atoms with Gasteiger partial charge in [0, 0.05) is 23.4 Å². The van der Waals surface area contributed by atoms with Crippen molar-refractivity contribution in [2.45, 2.75) is 45.6 Å². The van der Waals surface area contributed by atoms with Crippen LogP contribution >= 0.6 is 0 Å². The van der Waals surface area contributed by atoms with Gasteiger partial charge in [0.2, 0.25) is 0 Å². The third-order valence-corrected chi connectivity index (χ3v) is 5.32. The third-order valence-electron chi connectivity index (χ3n) is 5.32. The molecule has 2 bridgehead atoms. The number of fused-ring (bicyclic) bond motifs is 2. The summed E-state index contributed by atoms with van der Waals surface area (Å²) in [6.45, 7) is 4.05. The van der Waals surface area contributed by atoms with Crippen molar-refractivity contribution in [3.05, 3.63) is 33.9 Å². The van der Waals surface area contributed by atoms with E-state index in [1.807, 2.05) is 13.0 Å². The van der Waals surface area contributed by atoms with Gasteiger partial charge in [-0.2, -0.15) is 0 Å². The molecule has 1 N–H and O–H groups in total. The Morgan fingerprint density at radius 3 is 2.75 bits per heavy atom. The van der Waals surface area contributed by atoms with Crippen LogP contribution in [0.15, 0.2) is 18.2 Å². The minimum absolute atomic E-state index is 0.204. The van der Waals surface area contributed by atoms with E-state index in [4.69, 9.17) is 0 Å². The Morgan fingerprint density at radius 2 is 2.15 bits per heavy atom. The summed E-state index contributed by atoms with van der Waals surface area (Å²) in [5, 5.41) is 14.5. The van der Waals surface area contributed by atoms with Crippen molar-refractivity contribution in [1.82, 2.24) is 0 Å². The normalized spacial score (nSPS) is 29.4. The molecule has 4 atom stereocenters. The Hall–Kier alpha value is -1.58. The molecule has 0 spiro atoms. The molecule has 1 aromatic carbocycles. The second kappa shape index (κ2) is 5.08. The Kier molecular flexibility index (Phi) is 3.40. The zero-order valence-electron chi connectivity index (χ0n) is 12.1. The van der Waals surface area contributed by atoms with Crippen LogP contribution in [-0.2, 0) is 0 Å². The average Bonchev–Trinajstić information content (AvgIpc) is 3.03. The number of nitro groups is 1. The van der Waals surface area contributed by atoms with Gasteiger partial charge < -0.3 is 5.32 Å². The SMILES string of the molecule is Cc1c(NC(C)C2CC3CCC2C3)cccc1[N+](=O)[O-]. The summed E-state index contributed by atoms with van der Waals surface area (Å²) in [4.78, 5) is 10.7. The zero-order chi connectivity index (χ0) is 14.3. The fourth-order valence-corrected chi connectivity index (χ4v) is 4.24. The largest absolute Gasteiger partial charge is 0.382 e. The minimum Gasteiger partial charge on any atom is -0.382 e. The van der Waals surface area contributed by atoms with E-state index < -0.39 is 0 Å². The highest BCUT2D eigenvalue weighted by Gasteiger charge is 2.41. The molecule has 0 saturated heterocycles. The van der Waals surface area contributed by atoms with Gasteiger partial charge in [-0.1, -0.05) is 12.5 Å². The van der Waals surface area contributed by atoms with Gasteiger partial charge in [-0.3, -0.25) is 10.1 Å². The topological polar surface area (TPSA) is 55.2 Å². The molecular formula is C16H22N2O2. The Labute approximate surface area is 119 Å². The maximum absolute atomic E-state index is 11.0. The van der Waals surface area contributed by atoms with E-state index in [2.05, 4.69) is 12.2 Å². The lowest BCUT2D eigenvalue weighted by Gasteiger charge is -2.29. The Bertz CT molecular complexity index is 529. The predicted molar refractivity (Wildman–Crippen MR) is 79.9 cm³/mol. The summed E-state index contributed by atoms with van der Waals surface area (Å²) in [6, 6.07) is 5.68. The second-order valence-electron chi connectivity index (χ2n) is 6.48. The van der Waals surface area contributed by atoms with Crippen LogP contribution in [0.25, 0.3) is 0 Å². The van der Waals surface area contributed by atoms with Crippen molar-refractivity contribution < 1.29 is 4.92 Å². The van der Waals surface area contributed by atoms with Gasteiger partial charge in [-0.05, 0) is 56.9 Å². The van der Waals surface area contributed by atoms with Gasteiger partial charge in [0.05, 0.1) is 4.92 Å². The van der Waals surface area contributed by atoms with Crippen LogP contribution in [-0.4, -0.2) is 11.0 Å². The summed E-state index contributed by atoms with van der Waals surface area (Å²) in [5.41, 5.74) is 1.86. The van der Waals surface area contributed by atoms with Crippen molar-refractivity contribution >= 4 is 11.4 Å². The van der Waals surface area contributed by atoms with Crippen molar-refractivity contribution in [1.29, 1.82) is 0 Å². The van der Waals surface area contributed by atoms with Crippen LogP contribution in [0.4, 0.5) is 11.4 Å². The molecule has 4 heteroatoms. The predicted octanol–water partition coefficient (Wildman–Crippen LogP) is 4.14. The van der Waals surface area contributed by atoms with Gasteiger partial charge in [-0.15, -0.1) is 0 Å². The molecule has 4 unspecified atom stereocenters. The number of nitrogens with one attached hydrogen (secondary N) is 1. The first kappa shape index (κ1) is 13.4. The molecule has 2 aliphatic carbocycles. The maximum atomic E-state index is 11.0. The first-order chi connectivity index (χ1) is 9.56. The van der Waals surface area contributed by atoms with Crippen molar-refractivity contribution in [3.63, 3.8) is 0 Å². The molecule has 20 heavy (non-hydrogen) atoms. The lowest BCUT2D eigenvalue weighted by Crippen LogP contribution is -2.30. The fourth-order valence-electron chi connectivity index (χ4n) is 4.24. The Balaban J connectivity index is 1.74. The van der Waals surface area contributed by atoms with Crippen LogP contribution in [0.5, 0.6) is 0 Å². The van der Waals surface area contributed by atoms with E-state index in [1.165, 1.54) is 25.7 Å². The molecule has 2 fully saturated rings. The van der Waals surface area contributed by atoms with Gasteiger partial charge in [0.1, 0.15) is 0 Å². The van der Waals surface area contributed by atoms with Crippen LogP contribution in [0.2, 0.25) is 0 Å². The number of rotatable bonds is 4. The standard InChI is InChI=1S/C16H22N2O2/c1-10-15(4-3-5-16(10)18(19)20)17-11(2)14-9-12-6-7-13(14)8-12/h3-5,11-14,17H,6-9H2,1-2H3. The highest BCUT2D eigenvalue weighted by molar-refractivity contribution is 5.60. The number of anilines is 1. The summed E-state index contributed by atoms with van der Waals surface area (Å²) in [5.74, 6) is 2.52. The second-order valence-corrected chi connectivity index (χ2v) is 6.48. The Morgan fingerprint density at radius 1 is 1.35 bits per heavy atom. The molecule has 3 rings (SSSR count). The number of nitro benzene ring substituents is 1. The highest BCUT2D eigenvalue weighted by atomic mass is 16.6. The molecule has 0 amide bonds. The van der Waals surface area contributed by atoms with E-state index in [0.29, 0.717) is 6.04 Å². The van der Waals surface area contributed by atoms with E-state index in [1.54, 1.807) is 12.1 Å². The van der Waals surface area contributed by atoms with Crippen LogP contribution in [0.1, 0.15) is 38.2 Å². The molecule has 1 aromatic rings. The van der Waals surface area contributed by atoms with Gasteiger partial charge >= 0.3 is 0 Å². The number of hydrogen-bond acceptors (Lipinski definition) is 3. The van der Waals surface area contributed by atoms with Crippen molar-refractivity contribution in [3.8, 4) is 0 Å². The van der Waals surface area contributed by atoms with Crippen molar-refractivity contribution in [2.24, 2.45) is 17.8 Å². The number of hydrogen-bond donors (Lipinski definition) is 1. The molecule has 2 saturated carbocycles. The van der Waals surface area contributed by atoms with Crippen molar-refractivity contribution in [2.75, 3.05) is 5.32 Å². The summed E-state index contributed by atoms with van der Waals surface area (Å²) >= 11 is 0. The van der Waals surface area contributed by atoms with Crippen LogP contribution in [0, 0.1) is 34.8 Å². The molecule has 0 aliphatic heterocycles. The average molecular weight is 274 g/mol. The number of benzene rings is 1. The quantitative estimate of drug-likeness (QED) is 0.663. The maximum Gasteiger partial charge on any atom is 0.274 e. The van der Waals surface area contributed by atoms with Crippen LogP contribution in [0.3, 0.4) is 0 Å². The summed E-state index contributed by atoms with van der Waals surface area (Å²) in [6.07, 6.45) is 5.50. The monoisotopic (exact) mass is 274 g/mol. The minimum atomic E-state index is -0.303. The first-order valence-corrected chi connectivity index (χ1v) is 7.56. The zero-order valence-corrected chi connectivity index (χ0v) is 12.1. The lowest BCUT2D eigenvalue weighted by atomic mass is 9.84. The molecule has 0 aromatic heterocycles. The molecule has 0 heterocycles. The van der Waals surface area contributed by atoms with Gasteiger partial charge in [0.15, 0.2) is 0 Å². The molecular weight excluding hydrogens is 252 g/mol. The fraction of sp³-hybridized carbons (Fsp3) is 0.625.